The number of hydrogen-bond acceptors (Lipinski definition) is 3. The summed E-state index contributed by atoms with van der Waals surface area (Å²) >= 11 is 0. The van der Waals surface area contributed by atoms with Gasteiger partial charge in [-0.25, -0.2) is 8.42 Å². The molecule has 2 aromatic carbocycles. The van der Waals surface area contributed by atoms with Gasteiger partial charge in [0.2, 0.25) is 10.0 Å². The Morgan fingerprint density at radius 2 is 1.70 bits per heavy atom. The molecule has 1 saturated carbocycles. The Morgan fingerprint density at radius 3 is 2.44 bits per heavy atom. The monoisotopic (exact) mass is 383 g/mol. The number of sulfonamides is 1. The largest absolute Gasteiger partial charge is 0.294 e. The number of carbonyl (C=O) groups is 1. The second-order valence-corrected chi connectivity index (χ2v) is 9.85. The molecule has 0 unspecified atom stereocenters. The number of benzene rings is 2. The third-order valence-corrected chi connectivity index (χ3v) is 7.91. The molecule has 0 atom stereocenters. The fourth-order valence-electron chi connectivity index (χ4n) is 4.49. The van der Waals surface area contributed by atoms with E-state index >= 15 is 0 Å². The van der Waals surface area contributed by atoms with Crippen molar-refractivity contribution in [2.75, 3.05) is 13.1 Å². The molecule has 4 nitrogen and oxygen atoms in total. The molecule has 2 aromatic rings. The predicted molar refractivity (Wildman–Crippen MR) is 105 cm³/mol. The standard InChI is InChI=1S/C22H25NO3S/c24-21(15-18-7-2-1-3-8-18)19-9-6-10-20(16-19)27(25,26)23-14-13-22(17-23)11-4-5-12-22/h1-3,6-10,16H,4-5,11-15,17H2. The van der Waals surface area contributed by atoms with Crippen LogP contribution in [-0.2, 0) is 16.4 Å². The third kappa shape index (κ3) is 3.71. The molecule has 0 N–H and O–H groups in total. The van der Waals surface area contributed by atoms with Gasteiger partial charge in [0.25, 0.3) is 0 Å². The number of ketones is 1. The van der Waals surface area contributed by atoms with Gasteiger partial charge in [-0.3, -0.25) is 4.79 Å². The molecule has 142 valence electrons. The fourth-order valence-corrected chi connectivity index (χ4v) is 6.09. The maximum absolute atomic E-state index is 13.1. The molecular weight excluding hydrogens is 358 g/mol. The van der Waals surface area contributed by atoms with Crippen LogP contribution in [0.4, 0.5) is 0 Å². The third-order valence-electron chi connectivity index (χ3n) is 6.07. The second kappa shape index (κ2) is 7.21. The molecule has 2 fully saturated rings. The van der Waals surface area contributed by atoms with Crippen LogP contribution in [0.5, 0.6) is 0 Å². The first-order valence-electron chi connectivity index (χ1n) is 9.66. The molecular formula is C22H25NO3S. The summed E-state index contributed by atoms with van der Waals surface area (Å²) in [7, 11) is -3.55. The number of Topliss-reactive ketones (excluding diaryl/α,β-unsaturated/α-hetero) is 1. The molecule has 0 bridgehead atoms. The van der Waals surface area contributed by atoms with Gasteiger partial charge in [0, 0.05) is 25.1 Å². The van der Waals surface area contributed by atoms with Crippen molar-refractivity contribution in [2.24, 2.45) is 5.41 Å². The van der Waals surface area contributed by atoms with Crippen LogP contribution in [0.2, 0.25) is 0 Å². The minimum atomic E-state index is -3.55. The smallest absolute Gasteiger partial charge is 0.243 e. The first-order valence-corrected chi connectivity index (χ1v) is 11.1. The van der Waals surface area contributed by atoms with Gasteiger partial charge >= 0.3 is 0 Å². The maximum atomic E-state index is 13.1. The van der Waals surface area contributed by atoms with Crippen molar-refractivity contribution in [3.05, 3.63) is 65.7 Å². The van der Waals surface area contributed by atoms with Crippen molar-refractivity contribution in [2.45, 2.75) is 43.4 Å². The molecule has 1 spiro atoms. The summed E-state index contributed by atoms with van der Waals surface area (Å²) in [5, 5.41) is 0. The summed E-state index contributed by atoms with van der Waals surface area (Å²) in [5.74, 6) is -0.0630. The molecule has 1 aliphatic heterocycles. The van der Waals surface area contributed by atoms with E-state index in [4.69, 9.17) is 0 Å². The molecule has 1 aliphatic carbocycles. The molecule has 27 heavy (non-hydrogen) atoms. The van der Waals surface area contributed by atoms with Crippen molar-refractivity contribution in [3.8, 4) is 0 Å². The Labute approximate surface area is 161 Å². The van der Waals surface area contributed by atoms with Gasteiger partial charge in [0.15, 0.2) is 5.78 Å². The molecule has 0 aromatic heterocycles. The number of hydrogen-bond donors (Lipinski definition) is 0. The lowest BCUT2D eigenvalue weighted by Crippen LogP contribution is -2.31. The normalized spacial score (nSPS) is 19.6. The van der Waals surface area contributed by atoms with Gasteiger partial charge in [-0.05, 0) is 42.4 Å². The van der Waals surface area contributed by atoms with Gasteiger partial charge in [-0.1, -0.05) is 55.3 Å². The Balaban J connectivity index is 1.54. The highest BCUT2D eigenvalue weighted by atomic mass is 32.2. The van der Waals surface area contributed by atoms with Crippen LogP contribution in [-0.4, -0.2) is 31.6 Å². The van der Waals surface area contributed by atoms with E-state index in [2.05, 4.69) is 0 Å². The molecule has 0 radical (unpaired) electrons. The minimum absolute atomic E-state index is 0.0630. The molecule has 1 heterocycles. The zero-order valence-corrected chi connectivity index (χ0v) is 16.2. The lowest BCUT2D eigenvalue weighted by molar-refractivity contribution is 0.0993. The van der Waals surface area contributed by atoms with E-state index in [1.54, 1.807) is 28.6 Å². The van der Waals surface area contributed by atoms with Crippen molar-refractivity contribution >= 4 is 15.8 Å². The lowest BCUT2D eigenvalue weighted by atomic mass is 9.86. The number of nitrogens with zero attached hydrogens (tertiary/aromatic N) is 1. The Bertz CT molecular complexity index is 931. The van der Waals surface area contributed by atoms with Crippen LogP contribution >= 0.6 is 0 Å². The van der Waals surface area contributed by atoms with E-state index in [1.165, 1.54) is 12.8 Å². The summed E-state index contributed by atoms with van der Waals surface area (Å²) in [5.41, 5.74) is 1.57. The molecule has 5 heteroatoms. The first kappa shape index (κ1) is 18.4. The van der Waals surface area contributed by atoms with Gasteiger partial charge in [-0.2, -0.15) is 4.31 Å². The molecule has 2 aliphatic rings. The van der Waals surface area contributed by atoms with E-state index in [0.717, 1.165) is 24.8 Å². The second-order valence-electron chi connectivity index (χ2n) is 7.91. The Morgan fingerprint density at radius 1 is 0.963 bits per heavy atom. The summed E-state index contributed by atoms with van der Waals surface area (Å²) in [6.45, 7) is 1.21. The summed E-state index contributed by atoms with van der Waals surface area (Å²) in [4.78, 5) is 12.8. The van der Waals surface area contributed by atoms with E-state index in [-0.39, 0.29) is 22.5 Å². The van der Waals surface area contributed by atoms with Crippen LogP contribution in [0.1, 0.15) is 48.0 Å². The number of rotatable bonds is 5. The lowest BCUT2D eigenvalue weighted by Gasteiger charge is -2.23. The van der Waals surface area contributed by atoms with Crippen molar-refractivity contribution in [3.63, 3.8) is 0 Å². The van der Waals surface area contributed by atoms with E-state index in [9.17, 15) is 13.2 Å². The van der Waals surface area contributed by atoms with Crippen LogP contribution in [0, 0.1) is 5.41 Å². The Hall–Kier alpha value is -1.98. The van der Waals surface area contributed by atoms with Crippen molar-refractivity contribution in [1.82, 2.24) is 4.31 Å². The first-order chi connectivity index (χ1) is 13.0. The maximum Gasteiger partial charge on any atom is 0.243 e. The van der Waals surface area contributed by atoms with Gasteiger partial charge in [0.1, 0.15) is 0 Å². The highest BCUT2D eigenvalue weighted by Gasteiger charge is 2.44. The van der Waals surface area contributed by atoms with E-state index in [0.29, 0.717) is 18.7 Å². The van der Waals surface area contributed by atoms with Crippen LogP contribution < -0.4 is 0 Å². The summed E-state index contributed by atoms with van der Waals surface area (Å²) < 4.78 is 27.9. The van der Waals surface area contributed by atoms with Crippen LogP contribution in [0.25, 0.3) is 0 Å². The van der Waals surface area contributed by atoms with Gasteiger partial charge < -0.3 is 0 Å². The fraction of sp³-hybridized carbons (Fsp3) is 0.409. The molecule has 0 amide bonds. The summed E-state index contributed by atoms with van der Waals surface area (Å²) in [6, 6.07) is 16.0. The van der Waals surface area contributed by atoms with E-state index < -0.39 is 10.0 Å². The quantitative estimate of drug-likeness (QED) is 0.732. The zero-order chi connectivity index (χ0) is 18.9. The van der Waals surface area contributed by atoms with E-state index in [1.807, 2.05) is 30.3 Å². The molecule has 1 saturated heterocycles. The summed E-state index contributed by atoms with van der Waals surface area (Å²) in [6.07, 6.45) is 5.91. The zero-order valence-electron chi connectivity index (χ0n) is 15.4. The van der Waals surface area contributed by atoms with Crippen molar-refractivity contribution in [1.29, 1.82) is 0 Å². The predicted octanol–water partition coefficient (Wildman–Crippen LogP) is 4.07. The van der Waals surface area contributed by atoms with Crippen LogP contribution in [0.15, 0.2) is 59.5 Å². The topological polar surface area (TPSA) is 54.5 Å². The molecule has 4 rings (SSSR count). The highest BCUT2D eigenvalue weighted by molar-refractivity contribution is 7.89. The Kier molecular flexibility index (Phi) is 4.91. The highest BCUT2D eigenvalue weighted by Crippen LogP contribution is 2.46. The SMILES string of the molecule is O=C(Cc1ccccc1)c1cccc(S(=O)(=O)N2CCC3(CCCC3)C2)c1. The number of carbonyl (C=O) groups excluding carboxylic acids is 1. The van der Waals surface area contributed by atoms with Gasteiger partial charge in [0.05, 0.1) is 4.90 Å². The average Bonchev–Trinajstić information content (AvgIpc) is 3.33. The van der Waals surface area contributed by atoms with Gasteiger partial charge in [-0.15, -0.1) is 0 Å². The average molecular weight is 384 g/mol. The minimum Gasteiger partial charge on any atom is -0.294 e. The van der Waals surface area contributed by atoms with Crippen molar-refractivity contribution < 1.29 is 13.2 Å². The van der Waals surface area contributed by atoms with Crippen LogP contribution in [0.3, 0.4) is 0 Å².